The highest BCUT2D eigenvalue weighted by atomic mass is 19.1. The molecule has 1 aromatic rings. The monoisotopic (exact) mass is 285 g/mol. The second-order valence-corrected chi connectivity index (χ2v) is 5.18. The molecule has 1 aromatic carbocycles. The fourth-order valence-electron chi connectivity index (χ4n) is 2.46. The zero-order valence-corrected chi connectivity index (χ0v) is 11.7. The molecule has 0 aliphatic heterocycles. The largest absolute Gasteiger partial charge is 0.482 e. The van der Waals surface area contributed by atoms with Crippen LogP contribution in [0.1, 0.15) is 38.2 Å². The van der Waals surface area contributed by atoms with Gasteiger partial charge in [0.05, 0.1) is 6.10 Å². The smallest absolute Gasteiger partial charge is 0.191 e. The standard InChI is InChI=1S/C15H21F2NO2/c1-2-18-9-10-7-11(16)15(12(17)8-10)20-14-6-4-3-5-13(14)19/h7-8,13-14,18-19H,2-6,9H2,1H3. The molecule has 20 heavy (non-hydrogen) atoms. The Kier molecular flexibility index (Phi) is 5.31. The number of hydrogen-bond acceptors (Lipinski definition) is 3. The van der Waals surface area contributed by atoms with E-state index in [2.05, 4.69) is 5.32 Å². The van der Waals surface area contributed by atoms with Gasteiger partial charge in [0.1, 0.15) is 6.10 Å². The molecule has 112 valence electrons. The molecule has 5 heteroatoms. The molecule has 1 aliphatic carbocycles. The summed E-state index contributed by atoms with van der Waals surface area (Å²) in [5.74, 6) is -1.80. The Morgan fingerprint density at radius 2 is 1.90 bits per heavy atom. The number of aliphatic hydroxyl groups excluding tert-OH is 1. The number of benzene rings is 1. The molecule has 1 saturated carbocycles. The van der Waals surface area contributed by atoms with Crippen molar-refractivity contribution in [2.45, 2.75) is 51.4 Å². The second-order valence-electron chi connectivity index (χ2n) is 5.18. The molecule has 0 aromatic heterocycles. The summed E-state index contributed by atoms with van der Waals surface area (Å²) in [6.45, 7) is 3.07. The summed E-state index contributed by atoms with van der Waals surface area (Å²) < 4.78 is 33.3. The summed E-state index contributed by atoms with van der Waals surface area (Å²) in [6.07, 6.45) is 1.90. The highest BCUT2D eigenvalue weighted by molar-refractivity contribution is 5.31. The molecular formula is C15H21F2NO2. The Labute approximate surface area is 117 Å². The average molecular weight is 285 g/mol. The first kappa shape index (κ1) is 15.2. The van der Waals surface area contributed by atoms with Crippen LogP contribution in [0.2, 0.25) is 0 Å². The topological polar surface area (TPSA) is 41.5 Å². The third-order valence-corrected chi connectivity index (χ3v) is 3.57. The van der Waals surface area contributed by atoms with Crippen LogP contribution < -0.4 is 10.1 Å². The second kappa shape index (κ2) is 6.99. The molecule has 0 radical (unpaired) electrons. The molecule has 0 amide bonds. The van der Waals surface area contributed by atoms with E-state index in [0.29, 0.717) is 24.9 Å². The molecule has 2 unspecified atom stereocenters. The van der Waals surface area contributed by atoms with E-state index >= 15 is 0 Å². The van der Waals surface area contributed by atoms with Crippen molar-refractivity contribution in [2.24, 2.45) is 0 Å². The number of hydrogen-bond donors (Lipinski definition) is 2. The van der Waals surface area contributed by atoms with Crippen molar-refractivity contribution in [3.8, 4) is 5.75 Å². The predicted molar refractivity (Wildman–Crippen MR) is 72.6 cm³/mol. The van der Waals surface area contributed by atoms with Gasteiger partial charge in [-0.3, -0.25) is 0 Å². The van der Waals surface area contributed by atoms with Gasteiger partial charge in [-0.15, -0.1) is 0 Å². The summed E-state index contributed by atoms with van der Waals surface area (Å²) in [7, 11) is 0. The molecule has 2 atom stereocenters. The number of halogens is 2. The Morgan fingerprint density at radius 3 is 2.50 bits per heavy atom. The maximum absolute atomic E-state index is 13.9. The first-order valence-electron chi connectivity index (χ1n) is 7.15. The SMILES string of the molecule is CCNCc1cc(F)c(OC2CCCCC2O)c(F)c1. The van der Waals surface area contributed by atoms with E-state index in [0.717, 1.165) is 19.4 Å². The lowest BCUT2D eigenvalue weighted by Gasteiger charge is -2.28. The van der Waals surface area contributed by atoms with Crippen LogP contribution in [0.15, 0.2) is 12.1 Å². The zero-order valence-electron chi connectivity index (χ0n) is 11.7. The fraction of sp³-hybridized carbons (Fsp3) is 0.600. The first-order chi connectivity index (χ1) is 9.61. The number of aliphatic hydroxyl groups is 1. The van der Waals surface area contributed by atoms with Crippen LogP contribution in [0.25, 0.3) is 0 Å². The molecule has 1 aliphatic rings. The number of nitrogens with one attached hydrogen (secondary N) is 1. The summed E-state index contributed by atoms with van der Waals surface area (Å²) >= 11 is 0. The van der Waals surface area contributed by atoms with E-state index in [4.69, 9.17) is 4.74 Å². The highest BCUT2D eigenvalue weighted by Crippen LogP contribution is 2.29. The average Bonchev–Trinajstić information content (AvgIpc) is 2.42. The molecule has 0 heterocycles. The van der Waals surface area contributed by atoms with Crippen molar-refractivity contribution < 1.29 is 18.6 Å². The maximum Gasteiger partial charge on any atom is 0.191 e. The van der Waals surface area contributed by atoms with Crippen LogP contribution >= 0.6 is 0 Å². The van der Waals surface area contributed by atoms with Crippen LogP contribution in [0.5, 0.6) is 5.75 Å². The minimum atomic E-state index is -0.712. The van der Waals surface area contributed by atoms with Crippen LogP contribution in [-0.4, -0.2) is 23.9 Å². The molecule has 2 N–H and O–H groups in total. The van der Waals surface area contributed by atoms with Crippen LogP contribution in [0.4, 0.5) is 8.78 Å². The van der Waals surface area contributed by atoms with Crippen molar-refractivity contribution >= 4 is 0 Å². The Bertz CT molecular complexity index is 430. The first-order valence-corrected chi connectivity index (χ1v) is 7.15. The third-order valence-electron chi connectivity index (χ3n) is 3.57. The summed E-state index contributed by atoms with van der Waals surface area (Å²) in [5, 5.41) is 12.8. The van der Waals surface area contributed by atoms with E-state index in [-0.39, 0.29) is 5.75 Å². The van der Waals surface area contributed by atoms with Crippen molar-refractivity contribution in [3.63, 3.8) is 0 Å². The van der Waals surface area contributed by atoms with Gasteiger partial charge in [-0.2, -0.15) is 0 Å². The molecule has 0 saturated heterocycles. The molecule has 0 bridgehead atoms. The third kappa shape index (κ3) is 3.67. The van der Waals surface area contributed by atoms with Gasteiger partial charge >= 0.3 is 0 Å². The lowest BCUT2D eigenvalue weighted by molar-refractivity contribution is 0.00295. The predicted octanol–water partition coefficient (Wildman–Crippen LogP) is 2.76. The Morgan fingerprint density at radius 1 is 1.25 bits per heavy atom. The van der Waals surface area contributed by atoms with Crippen molar-refractivity contribution in [3.05, 3.63) is 29.3 Å². The Hall–Kier alpha value is -1.20. The van der Waals surface area contributed by atoms with Crippen molar-refractivity contribution in [2.75, 3.05) is 6.54 Å². The summed E-state index contributed by atoms with van der Waals surface area (Å²) in [5.41, 5.74) is 0.540. The van der Waals surface area contributed by atoms with E-state index in [1.165, 1.54) is 12.1 Å². The number of ether oxygens (including phenoxy) is 1. The van der Waals surface area contributed by atoms with Gasteiger partial charge in [0, 0.05) is 6.54 Å². The van der Waals surface area contributed by atoms with E-state index in [9.17, 15) is 13.9 Å². The van der Waals surface area contributed by atoms with Gasteiger partial charge < -0.3 is 15.2 Å². The minimum Gasteiger partial charge on any atom is -0.482 e. The van der Waals surface area contributed by atoms with Gasteiger partial charge in [-0.25, -0.2) is 8.78 Å². The van der Waals surface area contributed by atoms with Gasteiger partial charge in [-0.1, -0.05) is 13.3 Å². The van der Waals surface area contributed by atoms with E-state index in [1.54, 1.807) is 0 Å². The highest BCUT2D eigenvalue weighted by Gasteiger charge is 2.27. The molecule has 2 rings (SSSR count). The number of rotatable bonds is 5. The Balaban J connectivity index is 2.11. The van der Waals surface area contributed by atoms with Crippen LogP contribution in [0, 0.1) is 11.6 Å². The van der Waals surface area contributed by atoms with Crippen molar-refractivity contribution in [1.82, 2.24) is 5.32 Å². The lowest BCUT2D eigenvalue weighted by atomic mass is 9.95. The van der Waals surface area contributed by atoms with Gasteiger partial charge in [-0.05, 0) is 43.5 Å². The van der Waals surface area contributed by atoms with Crippen LogP contribution in [0.3, 0.4) is 0 Å². The van der Waals surface area contributed by atoms with E-state index < -0.39 is 23.8 Å². The van der Waals surface area contributed by atoms with Gasteiger partial charge in [0.25, 0.3) is 0 Å². The molecule has 1 fully saturated rings. The molecular weight excluding hydrogens is 264 g/mol. The lowest BCUT2D eigenvalue weighted by Crippen LogP contribution is -2.35. The summed E-state index contributed by atoms with van der Waals surface area (Å²) in [4.78, 5) is 0. The zero-order chi connectivity index (χ0) is 14.5. The molecule has 0 spiro atoms. The normalized spacial score (nSPS) is 22.8. The summed E-state index contributed by atoms with van der Waals surface area (Å²) in [6, 6.07) is 2.55. The fourth-order valence-corrected chi connectivity index (χ4v) is 2.46. The maximum atomic E-state index is 13.9. The minimum absolute atomic E-state index is 0.379. The molecule has 3 nitrogen and oxygen atoms in total. The van der Waals surface area contributed by atoms with E-state index in [1.807, 2.05) is 6.92 Å². The van der Waals surface area contributed by atoms with Crippen molar-refractivity contribution in [1.29, 1.82) is 0 Å². The van der Waals surface area contributed by atoms with Gasteiger partial charge in [0.2, 0.25) is 0 Å². The van der Waals surface area contributed by atoms with Gasteiger partial charge in [0.15, 0.2) is 17.4 Å². The quantitative estimate of drug-likeness (QED) is 0.874. The van der Waals surface area contributed by atoms with Crippen LogP contribution in [-0.2, 0) is 6.54 Å².